The molecule has 2 fully saturated rings. The van der Waals surface area contributed by atoms with Gasteiger partial charge in [-0.3, -0.25) is 9.98 Å². The van der Waals surface area contributed by atoms with E-state index in [1.165, 1.54) is 22.3 Å². The van der Waals surface area contributed by atoms with Crippen molar-refractivity contribution in [2.75, 3.05) is 13.2 Å². The molecule has 0 bridgehead atoms. The van der Waals surface area contributed by atoms with Crippen LogP contribution in [0.1, 0.15) is 107 Å². The van der Waals surface area contributed by atoms with Crippen LogP contribution in [0.5, 0.6) is 0 Å². The molecule has 11 heteroatoms. The fraction of sp³-hybridized carbons (Fsp3) is 0.947. The third kappa shape index (κ3) is 18.7. The predicted octanol–water partition coefficient (Wildman–Crippen LogP) is 13.4. The summed E-state index contributed by atoms with van der Waals surface area (Å²) in [6.07, 6.45) is 7.97. The van der Waals surface area contributed by atoms with Crippen LogP contribution in [0.3, 0.4) is 0 Å². The van der Waals surface area contributed by atoms with E-state index in [4.69, 9.17) is 42.0 Å². The average Bonchev–Trinajstić information content (AvgIpc) is 2.96. The molecular formula is C38H74Br2Cl2N2NiO2Si2. The molecule has 49 heavy (non-hydrogen) atoms. The van der Waals surface area contributed by atoms with Gasteiger partial charge in [-0.1, -0.05) is 55.4 Å². The molecule has 4 atom stereocenters. The van der Waals surface area contributed by atoms with Gasteiger partial charge >= 0.3 is 39.3 Å². The summed E-state index contributed by atoms with van der Waals surface area (Å²) in [5.74, 6) is 4.06. The number of nitrogens with zero attached hydrogens (tertiary/aromatic N) is 2. The van der Waals surface area contributed by atoms with Crippen molar-refractivity contribution >= 4 is 79.7 Å². The molecule has 0 aromatic carbocycles. The van der Waals surface area contributed by atoms with Crippen molar-refractivity contribution in [2.24, 2.45) is 57.3 Å². The number of hydrogen-bond donors (Lipinski definition) is 0. The van der Waals surface area contributed by atoms with Gasteiger partial charge in [-0.2, -0.15) is 0 Å². The maximum atomic E-state index is 6.95. The Hall–Kier alpha value is 1.73. The van der Waals surface area contributed by atoms with Crippen molar-refractivity contribution in [1.29, 1.82) is 0 Å². The minimum absolute atomic E-state index is 0.232. The van der Waals surface area contributed by atoms with Gasteiger partial charge in [0.2, 0.25) is 0 Å². The molecule has 0 amide bonds. The van der Waals surface area contributed by atoms with E-state index in [1.807, 2.05) is 0 Å². The van der Waals surface area contributed by atoms with Gasteiger partial charge in [0.1, 0.15) is 0 Å². The van der Waals surface area contributed by atoms with Crippen molar-refractivity contribution < 1.29 is 19.7 Å². The van der Waals surface area contributed by atoms with E-state index in [1.54, 1.807) is 0 Å². The van der Waals surface area contributed by atoms with Crippen LogP contribution in [0, 0.1) is 47.3 Å². The van der Waals surface area contributed by atoms with E-state index in [0.29, 0.717) is 47.3 Å². The maximum absolute atomic E-state index is 6.95. The van der Waals surface area contributed by atoms with Crippen molar-refractivity contribution in [3.8, 4) is 0 Å². The first-order valence-electron chi connectivity index (χ1n) is 19.1. The number of hydrogen-bond acceptors (Lipinski definition) is 4. The SMILES string of the molecule is CC(C)C1CC(Cl)CC(C(C)C)C1N=C(CCCO[Si](C)(C)C)C(CCCO[Si](C)(C)C)=NC1C(C(C)C)CC(Cl)CC1C(C)C.[Br][Ni][Br]. The summed E-state index contributed by atoms with van der Waals surface area (Å²) in [6.45, 7) is 34.2. The topological polar surface area (TPSA) is 43.2 Å². The van der Waals surface area contributed by atoms with Crippen molar-refractivity contribution in [3.63, 3.8) is 0 Å². The Kier molecular flexibility index (Phi) is 23.5. The predicted molar refractivity (Wildman–Crippen MR) is 228 cm³/mol. The molecule has 0 aromatic heterocycles. The number of aliphatic imine (C=N–C) groups is 2. The molecule has 0 aromatic rings. The second kappa shape index (κ2) is 23.6. The van der Waals surface area contributed by atoms with Gasteiger partial charge in [0.15, 0.2) is 16.6 Å². The average molecular weight is 937 g/mol. The molecule has 2 aliphatic carbocycles. The molecule has 0 N–H and O–H groups in total. The Balaban J connectivity index is 0.00000385. The van der Waals surface area contributed by atoms with Crippen molar-refractivity contribution in [2.45, 2.75) is 169 Å². The quantitative estimate of drug-likeness (QED) is 0.0631. The van der Waals surface area contributed by atoms with E-state index >= 15 is 0 Å². The van der Waals surface area contributed by atoms with Crippen molar-refractivity contribution in [3.05, 3.63) is 0 Å². The fourth-order valence-corrected chi connectivity index (χ4v) is 10.1. The molecule has 0 aliphatic heterocycles. The third-order valence-electron chi connectivity index (χ3n) is 10.4. The molecule has 294 valence electrons. The van der Waals surface area contributed by atoms with Gasteiger partial charge < -0.3 is 8.85 Å². The van der Waals surface area contributed by atoms with Gasteiger partial charge in [0.25, 0.3) is 0 Å². The summed E-state index contributed by atoms with van der Waals surface area (Å²) in [4.78, 5) is 11.8. The summed E-state index contributed by atoms with van der Waals surface area (Å²) in [7, 11) is -1.94. The van der Waals surface area contributed by atoms with Crippen LogP contribution < -0.4 is 0 Å². The summed E-state index contributed by atoms with van der Waals surface area (Å²) in [6, 6.07) is 0.540. The van der Waals surface area contributed by atoms with Crippen LogP contribution in [-0.2, 0) is 19.7 Å². The second-order valence-corrected chi connectivity index (χ2v) is 33.3. The minimum atomic E-state index is -1.60. The first-order valence-corrected chi connectivity index (χ1v) is 31.7. The Morgan fingerprint density at radius 2 is 0.837 bits per heavy atom. The van der Waals surface area contributed by atoms with Crippen LogP contribution in [-0.4, -0.2) is 64.1 Å². The van der Waals surface area contributed by atoms with Gasteiger partial charge in [-0.25, -0.2) is 0 Å². The van der Waals surface area contributed by atoms with E-state index in [-0.39, 0.29) is 22.8 Å². The first-order chi connectivity index (χ1) is 22.6. The normalized spacial score (nSPS) is 29.3. The molecule has 0 spiro atoms. The Bertz CT molecular complexity index is 880. The summed E-state index contributed by atoms with van der Waals surface area (Å²) < 4.78 is 12.7. The molecule has 0 heterocycles. The molecule has 2 aliphatic rings. The third-order valence-corrected chi connectivity index (χ3v) is 13.3. The van der Waals surface area contributed by atoms with E-state index < -0.39 is 16.6 Å². The van der Waals surface area contributed by atoms with E-state index in [0.717, 1.165) is 64.6 Å². The Morgan fingerprint density at radius 3 is 1.04 bits per heavy atom. The fourth-order valence-electron chi connectivity index (χ4n) is 7.78. The molecule has 4 unspecified atom stereocenters. The zero-order valence-electron chi connectivity index (χ0n) is 33.5. The van der Waals surface area contributed by atoms with E-state index in [9.17, 15) is 0 Å². The zero-order valence-corrected chi connectivity index (χ0v) is 41.2. The molecule has 4 nitrogen and oxygen atoms in total. The molecule has 2 saturated carbocycles. The van der Waals surface area contributed by atoms with E-state index in [2.05, 4.69) is 123 Å². The summed E-state index contributed by atoms with van der Waals surface area (Å²) in [5, 5.41) is 0.465. The first kappa shape index (κ1) is 48.7. The van der Waals surface area contributed by atoms with Crippen molar-refractivity contribution in [1.82, 2.24) is 0 Å². The van der Waals surface area contributed by atoms with Crippen LogP contribution in [0.2, 0.25) is 39.3 Å². The Morgan fingerprint density at radius 1 is 0.592 bits per heavy atom. The molecular weight excluding hydrogens is 862 g/mol. The number of alkyl halides is 2. The zero-order chi connectivity index (χ0) is 37.7. The summed E-state index contributed by atoms with van der Waals surface area (Å²) in [5.41, 5.74) is 2.47. The van der Waals surface area contributed by atoms with Gasteiger partial charge in [-0.05, 0) is 138 Å². The van der Waals surface area contributed by atoms with Crippen LogP contribution in [0.15, 0.2) is 9.98 Å². The summed E-state index contributed by atoms with van der Waals surface area (Å²) >= 11 is 19.9. The van der Waals surface area contributed by atoms with Gasteiger partial charge in [-0.15, -0.1) is 23.2 Å². The van der Waals surface area contributed by atoms with Crippen LogP contribution in [0.4, 0.5) is 0 Å². The molecule has 2 rings (SSSR count). The number of halogens is 4. The standard InChI is InChI=1S/C38H74Cl2N2O2Si2.2BrH.Ni/c1-25(2)31-21-29(39)22-32(26(3)4)37(31)41-35(17-15-19-43-45(9,10)11)36(18-16-20-44-46(12,13)14)42-38-33(27(5)6)23-30(40)24-34(38)28(7)8;;;/h25-34,37-38H,15-24H2,1-14H3;2*1H;/q;;;+2/p-2. The van der Waals surface area contributed by atoms with Crippen LogP contribution in [0.25, 0.3) is 0 Å². The van der Waals surface area contributed by atoms with Gasteiger partial charge in [0, 0.05) is 24.0 Å². The monoisotopic (exact) mass is 932 g/mol. The molecule has 0 saturated heterocycles. The number of rotatable bonds is 17. The Labute approximate surface area is 336 Å². The van der Waals surface area contributed by atoms with Crippen LogP contribution >= 0.6 is 51.7 Å². The van der Waals surface area contributed by atoms with Gasteiger partial charge in [0.05, 0.1) is 23.5 Å². The second-order valence-electron chi connectivity index (χ2n) is 18.1. The molecule has 0 radical (unpaired) electrons.